The molecule has 2 aromatic carbocycles. The lowest BCUT2D eigenvalue weighted by atomic mass is 9.88. The van der Waals surface area contributed by atoms with E-state index in [0.717, 1.165) is 6.42 Å². The third-order valence-electron chi connectivity index (χ3n) is 3.63. The molecule has 0 aliphatic heterocycles. The Morgan fingerprint density at radius 3 is 2.09 bits per heavy atom. The molecule has 0 heterocycles. The summed E-state index contributed by atoms with van der Waals surface area (Å²) in [6.07, 6.45) is 0.866. The van der Waals surface area contributed by atoms with Gasteiger partial charge in [0.1, 0.15) is 0 Å². The van der Waals surface area contributed by atoms with E-state index in [1.54, 1.807) is 0 Å². The Kier molecular flexibility index (Phi) is 7.70. The highest BCUT2D eigenvalue weighted by molar-refractivity contribution is 7.99. The number of aliphatic hydroxyl groups excluding tert-OH is 1. The fourth-order valence-electron chi connectivity index (χ4n) is 2.53. The lowest BCUT2D eigenvalue weighted by Crippen LogP contribution is -2.27. The highest BCUT2D eigenvalue weighted by Gasteiger charge is 2.14. The van der Waals surface area contributed by atoms with Gasteiger partial charge in [-0.15, -0.1) is 11.8 Å². The number of hydrogen-bond donors (Lipinski definition) is 2. The number of carbonyl (C=O) groups is 1. The zero-order chi connectivity index (χ0) is 16.3. The summed E-state index contributed by atoms with van der Waals surface area (Å²) in [4.78, 5) is 11.8. The molecule has 2 rings (SSSR count). The van der Waals surface area contributed by atoms with Crippen LogP contribution in [0.1, 0.15) is 23.5 Å². The molecule has 0 aliphatic carbocycles. The van der Waals surface area contributed by atoms with Gasteiger partial charge in [0.05, 0.1) is 12.4 Å². The highest BCUT2D eigenvalue weighted by atomic mass is 32.2. The third kappa shape index (κ3) is 6.08. The average Bonchev–Trinajstić information content (AvgIpc) is 2.60. The van der Waals surface area contributed by atoms with E-state index in [2.05, 4.69) is 53.8 Å². The maximum absolute atomic E-state index is 11.8. The van der Waals surface area contributed by atoms with E-state index in [1.165, 1.54) is 22.9 Å². The molecule has 0 atom stereocenters. The third-order valence-corrected chi connectivity index (χ3v) is 4.57. The molecule has 0 spiro atoms. The maximum Gasteiger partial charge on any atom is 0.229 e. The number of aliphatic hydroxyl groups is 1. The maximum atomic E-state index is 11.8. The van der Waals surface area contributed by atoms with Gasteiger partial charge >= 0.3 is 0 Å². The fourth-order valence-corrected chi connectivity index (χ4v) is 3.09. The second kappa shape index (κ2) is 10.1. The average molecular weight is 329 g/mol. The summed E-state index contributed by atoms with van der Waals surface area (Å²) in [5.41, 5.74) is 2.53. The molecule has 0 aromatic heterocycles. The molecule has 0 radical (unpaired) electrons. The van der Waals surface area contributed by atoms with E-state index in [4.69, 9.17) is 5.11 Å². The molecule has 0 unspecified atom stereocenters. The SMILES string of the molecule is O=C(CSCCO)NCCC(c1ccccc1)c1ccccc1. The summed E-state index contributed by atoms with van der Waals surface area (Å²) in [6.45, 7) is 0.759. The quantitative estimate of drug-likeness (QED) is 0.695. The molecule has 2 aromatic rings. The van der Waals surface area contributed by atoms with Crippen LogP contribution in [-0.2, 0) is 4.79 Å². The first-order chi connectivity index (χ1) is 11.3. The van der Waals surface area contributed by atoms with Gasteiger partial charge in [-0.2, -0.15) is 0 Å². The minimum Gasteiger partial charge on any atom is -0.396 e. The largest absolute Gasteiger partial charge is 0.396 e. The number of rotatable bonds is 9. The van der Waals surface area contributed by atoms with Crippen molar-refractivity contribution in [1.29, 1.82) is 0 Å². The van der Waals surface area contributed by atoms with Crippen LogP contribution in [0.2, 0.25) is 0 Å². The van der Waals surface area contributed by atoms with Gasteiger partial charge in [0.15, 0.2) is 0 Å². The molecule has 23 heavy (non-hydrogen) atoms. The van der Waals surface area contributed by atoms with Crippen LogP contribution in [0, 0.1) is 0 Å². The predicted molar refractivity (Wildman–Crippen MR) is 96.8 cm³/mol. The van der Waals surface area contributed by atoms with Gasteiger partial charge in [-0.1, -0.05) is 60.7 Å². The van der Waals surface area contributed by atoms with Crippen molar-refractivity contribution in [3.8, 4) is 0 Å². The fraction of sp³-hybridized carbons (Fsp3) is 0.316. The Balaban J connectivity index is 1.93. The van der Waals surface area contributed by atoms with Crippen molar-refractivity contribution < 1.29 is 9.90 Å². The van der Waals surface area contributed by atoms with Crippen molar-refractivity contribution in [3.05, 3.63) is 71.8 Å². The van der Waals surface area contributed by atoms with Gasteiger partial charge < -0.3 is 10.4 Å². The van der Waals surface area contributed by atoms with Crippen LogP contribution in [0.3, 0.4) is 0 Å². The molecular formula is C19H23NO2S. The van der Waals surface area contributed by atoms with Crippen LogP contribution < -0.4 is 5.32 Å². The summed E-state index contributed by atoms with van der Waals surface area (Å²) in [6, 6.07) is 20.8. The molecule has 3 nitrogen and oxygen atoms in total. The predicted octanol–water partition coefficient (Wildman–Crippen LogP) is 3.05. The Hall–Kier alpha value is -1.78. The first kappa shape index (κ1) is 17.6. The van der Waals surface area contributed by atoms with Gasteiger partial charge in [0.2, 0.25) is 5.91 Å². The van der Waals surface area contributed by atoms with Crippen molar-refractivity contribution in [1.82, 2.24) is 5.32 Å². The summed E-state index contributed by atoms with van der Waals surface area (Å²) in [5, 5.41) is 11.7. The van der Waals surface area contributed by atoms with Gasteiger partial charge in [-0.05, 0) is 17.5 Å². The molecule has 4 heteroatoms. The first-order valence-electron chi connectivity index (χ1n) is 7.86. The van der Waals surface area contributed by atoms with Gasteiger partial charge in [-0.25, -0.2) is 0 Å². The number of thioether (sulfide) groups is 1. The zero-order valence-electron chi connectivity index (χ0n) is 13.2. The minimum atomic E-state index is 0.0309. The van der Waals surface area contributed by atoms with E-state index in [9.17, 15) is 4.79 Å². The number of carbonyl (C=O) groups excluding carboxylic acids is 1. The van der Waals surface area contributed by atoms with Gasteiger partial charge in [0.25, 0.3) is 0 Å². The molecule has 0 saturated carbocycles. The van der Waals surface area contributed by atoms with Crippen LogP contribution in [0.4, 0.5) is 0 Å². The molecular weight excluding hydrogens is 306 g/mol. The summed E-state index contributed by atoms with van der Waals surface area (Å²) < 4.78 is 0. The summed E-state index contributed by atoms with van der Waals surface area (Å²) in [7, 11) is 0. The van der Waals surface area contributed by atoms with E-state index in [-0.39, 0.29) is 18.4 Å². The second-order valence-electron chi connectivity index (χ2n) is 5.29. The first-order valence-corrected chi connectivity index (χ1v) is 9.02. The minimum absolute atomic E-state index is 0.0309. The Morgan fingerprint density at radius 1 is 1.00 bits per heavy atom. The van der Waals surface area contributed by atoms with Crippen LogP contribution in [0.5, 0.6) is 0 Å². The van der Waals surface area contributed by atoms with E-state index in [1.807, 2.05) is 12.1 Å². The molecule has 0 bridgehead atoms. The van der Waals surface area contributed by atoms with Crippen molar-refractivity contribution in [3.63, 3.8) is 0 Å². The lowest BCUT2D eigenvalue weighted by molar-refractivity contribution is -0.118. The van der Waals surface area contributed by atoms with Crippen molar-refractivity contribution in [2.24, 2.45) is 0 Å². The van der Waals surface area contributed by atoms with Crippen molar-refractivity contribution >= 4 is 17.7 Å². The van der Waals surface area contributed by atoms with Crippen molar-refractivity contribution in [2.45, 2.75) is 12.3 Å². The molecule has 122 valence electrons. The van der Waals surface area contributed by atoms with E-state index in [0.29, 0.717) is 18.1 Å². The number of amides is 1. The Bertz CT molecular complexity index is 535. The molecule has 1 amide bonds. The van der Waals surface area contributed by atoms with Gasteiger partial charge in [0, 0.05) is 18.2 Å². The second-order valence-corrected chi connectivity index (χ2v) is 6.39. The van der Waals surface area contributed by atoms with Crippen LogP contribution >= 0.6 is 11.8 Å². The highest BCUT2D eigenvalue weighted by Crippen LogP contribution is 2.27. The number of benzene rings is 2. The Morgan fingerprint density at radius 2 is 1.57 bits per heavy atom. The summed E-state index contributed by atoms with van der Waals surface area (Å²) >= 11 is 1.45. The van der Waals surface area contributed by atoms with Gasteiger partial charge in [-0.3, -0.25) is 4.79 Å². The summed E-state index contributed by atoms with van der Waals surface area (Å²) in [5.74, 6) is 1.32. The monoisotopic (exact) mass is 329 g/mol. The Labute approximate surface area is 142 Å². The molecule has 0 fully saturated rings. The van der Waals surface area contributed by atoms with Crippen LogP contribution in [-0.4, -0.2) is 35.7 Å². The van der Waals surface area contributed by atoms with E-state index >= 15 is 0 Å². The van der Waals surface area contributed by atoms with Crippen molar-refractivity contribution in [2.75, 3.05) is 24.7 Å². The molecule has 0 aliphatic rings. The zero-order valence-corrected chi connectivity index (χ0v) is 14.0. The van der Waals surface area contributed by atoms with E-state index < -0.39 is 0 Å². The molecule has 0 saturated heterocycles. The standard InChI is InChI=1S/C19H23NO2S/c21-13-14-23-15-19(22)20-12-11-18(16-7-3-1-4-8-16)17-9-5-2-6-10-17/h1-10,18,21H,11-15H2,(H,20,22). The smallest absolute Gasteiger partial charge is 0.229 e. The normalized spacial score (nSPS) is 10.7. The number of hydrogen-bond acceptors (Lipinski definition) is 3. The van der Waals surface area contributed by atoms with Crippen LogP contribution in [0.25, 0.3) is 0 Å². The molecule has 2 N–H and O–H groups in total. The lowest BCUT2D eigenvalue weighted by Gasteiger charge is -2.18. The van der Waals surface area contributed by atoms with Crippen LogP contribution in [0.15, 0.2) is 60.7 Å². The number of nitrogens with one attached hydrogen (secondary N) is 1. The topological polar surface area (TPSA) is 49.3 Å².